The second kappa shape index (κ2) is 8.35. The van der Waals surface area contributed by atoms with Crippen LogP contribution >= 0.6 is 0 Å². The summed E-state index contributed by atoms with van der Waals surface area (Å²) in [6, 6.07) is 14.9. The number of nitrogens with one attached hydrogen (secondary N) is 1. The van der Waals surface area contributed by atoms with Crippen LogP contribution < -0.4 is 5.32 Å². The van der Waals surface area contributed by atoms with Crippen LogP contribution in [0.2, 0.25) is 0 Å². The van der Waals surface area contributed by atoms with Gasteiger partial charge in [-0.25, -0.2) is 0 Å². The lowest BCUT2D eigenvalue weighted by molar-refractivity contribution is -0.141. The Morgan fingerprint density at radius 1 is 0.893 bits per heavy atom. The third-order valence-corrected chi connectivity index (χ3v) is 5.36. The minimum absolute atomic E-state index is 0.114. The van der Waals surface area contributed by atoms with E-state index in [1.807, 2.05) is 48.5 Å². The molecule has 150 valence electrons. The minimum atomic E-state index is -4.46. The summed E-state index contributed by atoms with van der Waals surface area (Å²) in [6.07, 6.45) is -1.05. The average Bonchev–Trinajstić information content (AvgIpc) is 2.97. The maximum absolute atomic E-state index is 13.2. The summed E-state index contributed by atoms with van der Waals surface area (Å²) < 4.78 is 38.3. The van der Waals surface area contributed by atoms with E-state index in [1.54, 1.807) is 0 Å². The second-order valence-corrected chi connectivity index (χ2v) is 7.18. The Hall–Kier alpha value is -2.34. The summed E-state index contributed by atoms with van der Waals surface area (Å²) in [6.45, 7) is -1.23. The van der Waals surface area contributed by atoms with E-state index in [1.165, 1.54) is 0 Å². The molecule has 3 nitrogen and oxygen atoms in total. The standard InChI is InChI=1S/C22H24F3NO2/c23-22(24,25)15-26-20(28)21(13-7-1-2-8-14-27)18-11-5-3-9-16(18)17-10-4-6-12-19(17)21/h3-6,9-12,27H,1-2,7-8,13-15H2,(H,26,28). The van der Waals surface area contributed by atoms with E-state index < -0.39 is 24.0 Å². The quantitative estimate of drug-likeness (QED) is 0.648. The fourth-order valence-electron chi connectivity index (χ4n) is 4.14. The van der Waals surface area contributed by atoms with Crippen molar-refractivity contribution >= 4 is 5.91 Å². The van der Waals surface area contributed by atoms with E-state index in [4.69, 9.17) is 5.11 Å². The smallest absolute Gasteiger partial charge is 0.396 e. The Labute approximate surface area is 162 Å². The van der Waals surface area contributed by atoms with Crippen LogP contribution in [-0.2, 0) is 10.2 Å². The predicted octanol–water partition coefficient (Wildman–Crippen LogP) is 4.57. The third kappa shape index (κ3) is 3.92. The van der Waals surface area contributed by atoms with Crippen LogP contribution in [-0.4, -0.2) is 30.3 Å². The molecule has 6 heteroatoms. The molecule has 0 aliphatic heterocycles. The van der Waals surface area contributed by atoms with Crippen LogP contribution in [0.15, 0.2) is 48.5 Å². The maximum Gasteiger partial charge on any atom is 0.405 e. The Morgan fingerprint density at radius 3 is 1.96 bits per heavy atom. The van der Waals surface area contributed by atoms with Crippen LogP contribution in [0.5, 0.6) is 0 Å². The fraction of sp³-hybridized carbons (Fsp3) is 0.409. The number of fused-ring (bicyclic) bond motifs is 3. The second-order valence-electron chi connectivity index (χ2n) is 7.18. The number of hydrogen-bond acceptors (Lipinski definition) is 2. The Morgan fingerprint density at radius 2 is 1.43 bits per heavy atom. The number of aliphatic hydroxyl groups excluding tert-OH is 1. The van der Waals surface area contributed by atoms with Crippen molar-refractivity contribution in [1.82, 2.24) is 5.32 Å². The fourth-order valence-corrected chi connectivity index (χ4v) is 4.14. The summed E-state index contributed by atoms with van der Waals surface area (Å²) in [5.74, 6) is -0.607. The summed E-state index contributed by atoms with van der Waals surface area (Å²) in [7, 11) is 0. The molecule has 0 unspecified atom stereocenters. The molecule has 0 atom stereocenters. The van der Waals surface area contributed by atoms with Crippen molar-refractivity contribution in [3.8, 4) is 11.1 Å². The largest absolute Gasteiger partial charge is 0.405 e. The van der Waals surface area contributed by atoms with Gasteiger partial charge in [-0.1, -0.05) is 67.8 Å². The van der Waals surface area contributed by atoms with Gasteiger partial charge in [-0.2, -0.15) is 13.2 Å². The van der Waals surface area contributed by atoms with Gasteiger partial charge in [0.15, 0.2) is 0 Å². The summed E-state index contributed by atoms with van der Waals surface area (Å²) in [4.78, 5) is 13.2. The van der Waals surface area contributed by atoms with Crippen LogP contribution in [0.3, 0.4) is 0 Å². The van der Waals surface area contributed by atoms with Gasteiger partial charge in [0, 0.05) is 6.61 Å². The van der Waals surface area contributed by atoms with E-state index in [0.29, 0.717) is 19.3 Å². The highest BCUT2D eigenvalue weighted by Crippen LogP contribution is 2.51. The van der Waals surface area contributed by atoms with Gasteiger partial charge in [-0.3, -0.25) is 4.79 Å². The molecule has 1 amide bonds. The van der Waals surface area contributed by atoms with Gasteiger partial charge >= 0.3 is 6.18 Å². The van der Waals surface area contributed by atoms with Crippen LogP contribution in [0.1, 0.15) is 43.2 Å². The SMILES string of the molecule is O=C(NCC(F)(F)F)C1(CCCCCCO)c2ccccc2-c2ccccc21. The first-order valence-corrected chi connectivity index (χ1v) is 9.55. The van der Waals surface area contributed by atoms with Crippen molar-refractivity contribution in [2.24, 2.45) is 0 Å². The molecule has 0 spiro atoms. The highest BCUT2D eigenvalue weighted by Gasteiger charge is 2.49. The zero-order chi connectivity index (χ0) is 20.2. The molecule has 0 aromatic heterocycles. The van der Waals surface area contributed by atoms with Gasteiger partial charge < -0.3 is 10.4 Å². The molecule has 0 heterocycles. The number of carbonyl (C=O) groups is 1. The topological polar surface area (TPSA) is 49.3 Å². The molecule has 2 aromatic rings. The van der Waals surface area contributed by atoms with Crippen molar-refractivity contribution < 1.29 is 23.1 Å². The molecule has 0 saturated heterocycles. The molecule has 0 saturated carbocycles. The first kappa shape index (κ1) is 20.4. The number of carbonyl (C=O) groups excluding carboxylic acids is 1. The molecule has 0 fully saturated rings. The Kier molecular flexibility index (Phi) is 6.08. The van der Waals surface area contributed by atoms with Gasteiger partial charge in [0.1, 0.15) is 12.0 Å². The number of benzene rings is 2. The van der Waals surface area contributed by atoms with Gasteiger partial charge in [0.2, 0.25) is 5.91 Å². The van der Waals surface area contributed by atoms with E-state index in [-0.39, 0.29) is 6.61 Å². The van der Waals surface area contributed by atoms with Gasteiger partial charge in [0.25, 0.3) is 0 Å². The van der Waals surface area contributed by atoms with E-state index in [9.17, 15) is 18.0 Å². The predicted molar refractivity (Wildman–Crippen MR) is 102 cm³/mol. The monoisotopic (exact) mass is 391 g/mol. The highest BCUT2D eigenvalue weighted by atomic mass is 19.4. The summed E-state index contributed by atoms with van der Waals surface area (Å²) >= 11 is 0. The Balaban J connectivity index is 2.00. The zero-order valence-electron chi connectivity index (χ0n) is 15.6. The summed E-state index contributed by atoms with van der Waals surface area (Å²) in [5.41, 5.74) is 2.19. The number of aliphatic hydroxyl groups is 1. The molecule has 0 bridgehead atoms. The number of unbranched alkanes of at least 4 members (excludes halogenated alkanes) is 3. The number of hydrogen-bond donors (Lipinski definition) is 2. The van der Waals surface area contributed by atoms with Crippen LogP contribution in [0, 0.1) is 0 Å². The lowest BCUT2D eigenvalue weighted by Crippen LogP contribution is -2.47. The van der Waals surface area contributed by atoms with Crippen molar-refractivity contribution in [3.63, 3.8) is 0 Å². The normalized spacial score (nSPS) is 14.4. The molecule has 1 aliphatic carbocycles. The third-order valence-electron chi connectivity index (χ3n) is 5.36. The molecular weight excluding hydrogens is 367 g/mol. The number of alkyl halides is 3. The van der Waals surface area contributed by atoms with E-state index >= 15 is 0 Å². The van der Waals surface area contributed by atoms with Crippen LogP contribution in [0.25, 0.3) is 11.1 Å². The maximum atomic E-state index is 13.2. The van der Waals surface area contributed by atoms with E-state index in [0.717, 1.165) is 35.1 Å². The lowest BCUT2D eigenvalue weighted by atomic mass is 9.73. The number of rotatable bonds is 8. The molecule has 0 radical (unpaired) electrons. The van der Waals surface area contributed by atoms with Gasteiger partial charge in [-0.15, -0.1) is 0 Å². The van der Waals surface area contributed by atoms with E-state index in [2.05, 4.69) is 5.32 Å². The average molecular weight is 391 g/mol. The van der Waals surface area contributed by atoms with Crippen molar-refractivity contribution in [1.29, 1.82) is 0 Å². The first-order chi connectivity index (χ1) is 13.4. The Bertz CT molecular complexity index is 787. The molecule has 28 heavy (non-hydrogen) atoms. The lowest BCUT2D eigenvalue weighted by Gasteiger charge is -2.31. The molecule has 1 aliphatic rings. The minimum Gasteiger partial charge on any atom is -0.396 e. The van der Waals surface area contributed by atoms with Gasteiger partial charge in [-0.05, 0) is 35.1 Å². The van der Waals surface area contributed by atoms with Gasteiger partial charge in [0.05, 0.1) is 0 Å². The molecule has 3 rings (SSSR count). The molecule has 2 aromatic carbocycles. The summed E-state index contributed by atoms with van der Waals surface area (Å²) in [5, 5.41) is 11.1. The highest BCUT2D eigenvalue weighted by molar-refractivity contribution is 6.00. The zero-order valence-corrected chi connectivity index (χ0v) is 15.6. The van der Waals surface area contributed by atoms with Crippen molar-refractivity contribution in [2.75, 3.05) is 13.2 Å². The first-order valence-electron chi connectivity index (χ1n) is 9.55. The van der Waals surface area contributed by atoms with Crippen LogP contribution in [0.4, 0.5) is 13.2 Å². The molecule has 2 N–H and O–H groups in total. The number of halogens is 3. The molecular formula is C22H24F3NO2. The number of amides is 1. The van der Waals surface area contributed by atoms with Crippen molar-refractivity contribution in [2.45, 2.75) is 43.7 Å². The van der Waals surface area contributed by atoms with Crippen molar-refractivity contribution in [3.05, 3.63) is 59.7 Å².